The first-order chi connectivity index (χ1) is 13.8. The van der Waals surface area contributed by atoms with Crippen LogP contribution in [0.3, 0.4) is 0 Å². The number of aliphatic hydroxyl groups excluding tert-OH is 2. The number of hydrogen-bond acceptors (Lipinski definition) is 8. The Bertz CT molecular complexity index is 810. The van der Waals surface area contributed by atoms with Crippen molar-refractivity contribution < 1.29 is 24.9 Å². The number of nitrogens with two attached hydrogens (primary N) is 1. The molecular formula is C18H29N3O7S. The van der Waals surface area contributed by atoms with E-state index in [1.807, 2.05) is 0 Å². The minimum Gasteiger partial charge on any atom is -0.480 e. The van der Waals surface area contributed by atoms with Crippen LogP contribution in [0.25, 0.3) is 0 Å². The number of thioether (sulfide) groups is 1. The molecule has 1 aliphatic rings. The SMILES string of the molecule is Cc1cn([C@H]2C[C@H](O)[C@@H](CO)O2)c(=O)n(CCCCCSC[C@H](N)C(=O)O)c1=O. The van der Waals surface area contributed by atoms with Crippen molar-refractivity contribution in [3.63, 3.8) is 0 Å². The van der Waals surface area contributed by atoms with Gasteiger partial charge in [0.05, 0.1) is 12.7 Å². The van der Waals surface area contributed by atoms with Gasteiger partial charge in [0.25, 0.3) is 5.56 Å². The minimum atomic E-state index is -1.02. The summed E-state index contributed by atoms with van der Waals surface area (Å²) in [6.07, 6.45) is 1.47. The van der Waals surface area contributed by atoms with E-state index in [9.17, 15) is 24.6 Å². The molecule has 1 aromatic rings. The molecule has 0 amide bonds. The molecule has 0 unspecified atom stereocenters. The van der Waals surface area contributed by atoms with Gasteiger partial charge in [-0.15, -0.1) is 0 Å². The van der Waals surface area contributed by atoms with E-state index in [0.717, 1.165) is 18.6 Å². The molecule has 0 bridgehead atoms. The molecule has 2 heterocycles. The van der Waals surface area contributed by atoms with Crippen LogP contribution < -0.4 is 17.0 Å². The van der Waals surface area contributed by atoms with Crippen molar-refractivity contribution in [2.24, 2.45) is 5.73 Å². The van der Waals surface area contributed by atoms with Crippen molar-refractivity contribution in [3.05, 3.63) is 32.6 Å². The van der Waals surface area contributed by atoms with Gasteiger partial charge in [-0.25, -0.2) is 4.79 Å². The van der Waals surface area contributed by atoms with E-state index in [4.69, 9.17) is 15.6 Å². The number of aliphatic carboxylic acids is 1. The number of aliphatic hydroxyl groups is 2. The average Bonchev–Trinajstić information content (AvgIpc) is 3.06. The predicted molar refractivity (Wildman–Crippen MR) is 108 cm³/mol. The minimum absolute atomic E-state index is 0.165. The standard InChI is InChI=1S/C18H29N3O7S/c1-11-8-21(15-7-13(23)14(9-22)28-15)18(27)20(16(11)24)5-3-2-4-6-29-10-12(19)17(25)26/h8,12-15,22-23H,2-7,9-10,19H2,1H3,(H,25,26)/t12-,13-,14+,15+/m0/s1. The zero-order chi connectivity index (χ0) is 21.6. The van der Waals surface area contributed by atoms with Gasteiger partial charge in [0.1, 0.15) is 18.4 Å². The van der Waals surface area contributed by atoms with Crippen molar-refractivity contribution in [1.29, 1.82) is 0 Å². The highest BCUT2D eigenvalue weighted by Gasteiger charge is 2.35. The van der Waals surface area contributed by atoms with Gasteiger partial charge in [0.2, 0.25) is 0 Å². The largest absolute Gasteiger partial charge is 0.480 e. The first-order valence-electron chi connectivity index (χ1n) is 9.59. The van der Waals surface area contributed by atoms with Crippen LogP contribution in [0.15, 0.2) is 15.8 Å². The molecule has 0 spiro atoms. The van der Waals surface area contributed by atoms with Gasteiger partial charge in [-0.1, -0.05) is 6.42 Å². The summed E-state index contributed by atoms with van der Waals surface area (Å²) < 4.78 is 8.01. The molecule has 164 valence electrons. The molecule has 1 aliphatic heterocycles. The second-order valence-corrected chi connectivity index (χ2v) is 8.30. The smallest absolute Gasteiger partial charge is 0.333 e. The van der Waals surface area contributed by atoms with Crippen molar-refractivity contribution in [2.75, 3.05) is 18.1 Å². The Morgan fingerprint density at radius 2 is 2.10 bits per heavy atom. The molecule has 1 saturated heterocycles. The number of carbonyl (C=O) groups is 1. The summed E-state index contributed by atoms with van der Waals surface area (Å²) in [7, 11) is 0. The maximum Gasteiger partial charge on any atom is 0.333 e. The third-order valence-corrected chi connectivity index (χ3v) is 6.02. The maximum absolute atomic E-state index is 12.8. The number of carboxylic acids is 1. The van der Waals surface area contributed by atoms with Crippen LogP contribution in [0.4, 0.5) is 0 Å². The summed E-state index contributed by atoms with van der Waals surface area (Å²) in [4.78, 5) is 35.8. The Hall–Kier alpha value is -1.66. The van der Waals surface area contributed by atoms with E-state index in [2.05, 4.69) is 0 Å². The lowest BCUT2D eigenvalue weighted by Crippen LogP contribution is -2.42. The first-order valence-corrected chi connectivity index (χ1v) is 10.7. The highest BCUT2D eigenvalue weighted by molar-refractivity contribution is 7.99. The Labute approximate surface area is 172 Å². The lowest BCUT2D eigenvalue weighted by Gasteiger charge is -2.17. The molecule has 5 N–H and O–H groups in total. The number of ether oxygens (including phenoxy) is 1. The van der Waals surface area contributed by atoms with Gasteiger partial charge in [0.15, 0.2) is 0 Å². The van der Waals surface area contributed by atoms with Gasteiger partial charge in [-0.05, 0) is 25.5 Å². The van der Waals surface area contributed by atoms with E-state index in [1.54, 1.807) is 6.92 Å². The molecule has 10 nitrogen and oxygen atoms in total. The fourth-order valence-corrected chi connectivity index (χ4v) is 4.12. The molecule has 0 aromatic carbocycles. The molecule has 11 heteroatoms. The number of unbranched alkanes of at least 4 members (excludes halogenated alkanes) is 2. The number of carboxylic acid groups (broad SMARTS) is 1. The molecule has 0 aliphatic carbocycles. The average molecular weight is 432 g/mol. The van der Waals surface area contributed by atoms with E-state index in [0.29, 0.717) is 17.7 Å². The molecule has 0 radical (unpaired) electrons. The van der Waals surface area contributed by atoms with Crippen LogP contribution in [0.5, 0.6) is 0 Å². The topological polar surface area (TPSA) is 157 Å². The summed E-state index contributed by atoms with van der Waals surface area (Å²) >= 11 is 1.47. The molecule has 4 atom stereocenters. The Kier molecular flexibility index (Phi) is 8.90. The second kappa shape index (κ2) is 10.9. The van der Waals surface area contributed by atoms with Crippen LogP contribution in [0.1, 0.15) is 37.5 Å². The van der Waals surface area contributed by atoms with E-state index >= 15 is 0 Å². The summed E-state index contributed by atoms with van der Waals surface area (Å²) in [5, 5.41) is 27.9. The van der Waals surface area contributed by atoms with Crippen molar-refractivity contribution in [2.45, 2.75) is 63.6 Å². The van der Waals surface area contributed by atoms with Crippen LogP contribution >= 0.6 is 11.8 Å². The molecule has 1 aromatic heterocycles. The van der Waals surface area contributed by atoms with Crippen LogP contribution in [0.2, 0.25) is 0 Å². The molecule has 29 heavy (non-hydrogen) atoms. The normalized spacial score (nSPS) is 22.7. The number of nitrogens with zero attached hydrogens (tertiary/aromatic N) is 2. The van der Waals surface area contributed by atoms with Crippen LogP contribution in [-0.2, 0) is 16.1 Å². The number of hydrogen-bond donors (Lipinski definition) is 4. The van der Waals surface area contributed by atoms with Crippen LogP contribution in [0, 0.1) is 6.92 Å². The van der Waals surface area contributed by atoms with Gasteiger partial charge < -0.3 is 25.8 Å². The number of rotatable bonds is 11. The molecular weight excluding hydrogens is 402 g/mol. The highest BCUT2D eigenvalue weighted by Crippen LogP contribution is 2.27. The monoisotopic (exact) mass is 431 g/mol. The summed E-state index contributed by atoms with van der Waals surface area (Å²) in [6.45, 7) is 1.53. The second-order valence-electron chi connectivity index (χ2n) is 7.15. The Morgan fingerprint density at radius 3 is 2.72 bits per heavy atom. The zero-order valence-corrected chi connectivity index (χ0v) is 17.2. The van der Waals surface area contributed by atoms with Crippen molar-refractivity contribution >= 4 is 17.7 Å². The third kappa shape index (κ3) is 6.16. The summed E-state index contributed by atoms with van der Waals surface area (Å²) in [5.74, 6) is 0.0840. The quantitative estimate of drug-likeness (QED) is 0.332. The van der Waals surface area contributed by atoms with Crippen molar-refractivity contribution in [3.8, 4) is 0 Å². The zero-order valence-electron chi connectivity index (χ0n) is 16.4. The van der Waals surface area contributed by atoms with E-state index in [1.165, 1.54) is 27.1 Å². The Morgan fingerprint density at radius 1 is 1.38 bits per heavy atom. The molecule has 0 saturated carbocycles. The van der Waals surface area contributed by atoms with Gasteiger partial charge in [-0.2, -0.15) is 11.8 Å². The fourth-order valence-electron chi connectivity index (χ4n) is 3.14. The third-order valence-electron chi connectivity index (χ3n) is 4.85. The molecule has 1 fully saturated rings. The lowest BCUT2D eigenvalue weighted by molar-refractivity contribution is -0.137. The lowest BCUT2D eigenvalue weighted by atomic mass is 10.2. The number of aryl methyl sites for hydroxylation is 1. The number of aromatic nitrogens is 2. The van der Waals surface area contributed by atoms with E-state index in [-0.39, 0.29) is 25.1 Å². The summed E-state index contributed by atoms with van der Waals surface area (Å²) in [5.41, 5.74) is 4.98. The van der Waals surface area contributed by atoms with Crippen LogP contribution in [-0.4, -0.2) is 66.8 Å². The van der Waals surface area contributed by atoms with Crippen molar-refractivity contribution in [1.82, 2.24) is 9.13 Å². The van der Waals surface area contributed by atoms with E-state index < -0.39 is 36.1 Å². The summed E-state index contributed by atoms with van der Waals surface area (Å²) in [6, 6.07) is -0.869. The molecule has 2 rings (SSSR count). The highest BCUT2D eigenvalue weighted by atomic mass is 32.2. The fraction of sp³-hybridized carbons (Fsp3) is 0.722. The predicted octanol–water partition coefficient (Wildman–Crippen LogP) is -0.725. The first kappa shape index (κ1) is 23.6. The van der Waals surface area contributed by atoms with Gasteiger partial charge in [-0.3, -0.25) is 18.7 Å². The maximum atomic E-state index is 12.8. The van der Waals surface area contributed by atoms with Gasteiger partial charge in [0, 0.05) is 30.5 Å². The van der Waals surface area contributed by atoms with Gasteiger partial charge >= 0.3 is 11.7 Å². The Balaban J connectivity index is 1.92.